The molecule has 0 atom stereocenters. The van der Waals surface area contributed by atoms with Gasteiger partial charge in [0.05, 0.1) is 0 Å². The highest BCUT2D eigenvalue weighted by Gasteiger charge is 2.19. The van der Waals surface area contributed by atoms with Crippen LogP contribution in [0.5, 0.6) is 0 Å². The Morgan fingerprint density at radius 3 is 3.00 bits per heavy atom. The number of Topliss-reactive ketones (excluding diaryl/α,β-unsaturated/α-hetero) is 1. The summed E-state index contributed by atoms with van der Waals surface area (Å²) in [6.45, 7) is 0. The summed E-state index contributed by atoms with van der Waals surface area (Å²) in [5.41, 5.74) is 2.04. The summed E-state index contributed by atoms with van der Waals surface area (Å²) in [5, 5.41) is 0. The van der Waals surface area contributed by atoms with Gasteiger partial charge in [0.15, 0.2) is 5.78 Å². The molecule has 2 rings (SSSR count). The van der Waals surface area contributed by atoms with Gasteiger partial charge >= 0.3 is 0 Å². The fraction of sp³-hybridized carbons (Fsp3) is 0.250. The Morgan fingerprint density at radius 1 is 1.36 bits per heavy atom. The lowest BCUT2D eigenvalue weighted by Crippen LogP contribution is -2.11. The molecule has 0 aliphatic heterocycles. The number of nitrogens with zero attached hydrogens (tertiary/aromatic N) is 1. The van der Waals surface area contributed by atoms with E-state index in [2.05, 4.69) is 4.98 Å². The highest BCUT2D eigenvalue weighted by molar-refractivity contribution is 6.30. The Balaban J connectivity index is 2.60. The minimum absolute atomic E-state index is 0.118. The Labute approximate surface area is 66.1 Å². The quantitative estimate of drug-likeness (QED) is 0.478. The van der Waals surface area contributed by atoms with Crippen LogP contribution in [0.3, 0.4) is 0 Å². The van der Waals surface area contributed by atoms with Crippen molar-refractivity contribution in [2.24, 2.45) is 0 Å². The summed E-state index contributed by atoms with van der Waals surface area (Å²) in [7, 11) is 5.43. The van der Waals surface area contributed by atoms with Gasteiger partial charge in [0, 0.05) is 6.42 Å². The van der Waals surface area contributed by atoms with Gasteiger partial charge < -0.3 is 0 Å². The largest absolute Gasteiger partial charge is 0.292 e. The molecule has 1 aliphatic carbocycles. The van der Waals surface area contributed by atoms with E-state index in [1.807, 2.05) is 6.07 Å². The zero-order valence-corrected chi connectivity index (χ0v) is 6.00. The van der Waals surface area contributed by atoms with Crippen molar-refractivity contribution in [2.45, 2.75) is 12.8 Å². The molecule has 0 fully saturated rings. The third kappa shape index (κ3) is 0.966. The molecule has 0 amide bonds. The van der Waals surface area contributed by atoms with Crippen molar-refractivity contribution in [1.29, 1.82) is 0 Å². The van der Waals surface area contributed by atoms with Crippen molar-refractivity contribution in [1.82, 2.24) is 4.98 Å². The molecule has 0 N–H and O–H groups in total. The molecule has 1 aromatic rings. The fourth-order valence-corrected chi connectivity index (χ4v) is 1.31. The van der Waals surface area contributed by atoms with E-state index < -0.39 is 0 Å². The second-order valence-electron chi connectivity index (χ2n) is 2.67. The van der Waals surface area contributed by atoms with E-state index in [1.165, 1.54) is 0 Å². The van der Waals surface area contributed by atoms with Crippen LogP contribution in [0.4, 0.5) is 0 Å². The zero-order chi connectivity index (χ0) is 7.84. The molecule has 0 saturated carbocycles. The average Bonchev–Trinajstić information content (AvgIpc) is 2.33. The average molecular weight is 143 g/mol. The van der Waals surface area contributed by atoms with Crippen molar-refractivity contribution in [2.75, 3.05) is 0 Å². The first kappa shape index (κ1) is 6.59. The maximum Gasteiger partial charge on any atom is 0.181 e. The number of fused-ring (bicyclic) bond motifs is 1. The van der Waals surface area contributed by atoms with Crippen molar-refractivity contribution in [3.8, 4) is 0 Å². The van der Waals surface area contributed by atoms with Gasteiger partial charge in [-0.3, -0.25) is 9.78 Å². The predicted octanol–water partition coefficient (Wildman–Crippen LogP) is 0.00430. The molecule has 0 bridgehead atoms. The Bertz CT molecular complexity index is 322. The van der Waals surface area contributed by atoms with Gasteiger partial charge in [-0.2, -0.15) is 0 Å². The van der Waals surface area contributed by atoms with Gasteiger partial charge in [-0.15, -0.1) is 0 Å². The number of aryl methyl sites for hydroxylation is 1. The van der Waals surface area contributed by atoms with E-state index in [4.69, 9.17) is 7.85 Å². The Hall–Kier alpha value is -1.12. The van der Waals surface area contributed by atoms with Gasteiger partial charge in [0.25, 0.3) is 0 Å². The molecule has 0 spiro atoms. The van der Waals surface area contributed by atoms with Gasteiger partial charge in [0.1, 0.15) is 13.5 Å². The van der Waals surface area contributed by atoms with Crippen molar-refractivity contribution in [3.05, 3.63) is 23.4 Å². The summed E-state index contributed by atoms with van der Waals surface area (Å²) in [5.74, 6) is 0.118. The standard InChI is InChI=1S/C8H6BNO/c9-7-4-2-5-1-3-6(11)8(5)10-7/h2,4H,1,3H2. The third-order valence-electron chi connectivity index (χ3n) is 1.89. The molecule has 11 heavy (non-hydrogen) atoms. The highest BCUT2D eigenvalue weighted by atomic mass is 16.1. The number of ketones is 1. The lowest BCUT2D eigenvalue weighted by atomic mass is 10.0. The number of hydrogen-bond acceptors (Lipinski definition) is 2. The van der Waals surface area contributed by atoms with Gasteiger partial charge in [-0.25, -0.2) is 0 Å². The summed E-state index contributed by atoms with van der Waals surface area (Å²) in [4.78, 5) is 15.1. The summed E-state index contributed by atoms with van der Waals surface area (Å²) in [6, 6.07) is 3.61. The molecule has 1 aliphatic rings. The van der Waals surface area contributed by atoms with Crippen molar-refractivity contribution >= 4 is 19.2 Å². The zero-order valence-electron chi connectivity index (χ0n) is 6.00. The monoisotopic (exact) mass is 143 g/mol. The van der Waals surface area contributed by atoms with Crippen LogP contribution in [0.2, 0.25) is 0 Å². The minimum Gasteiger partial charge on any atom is -0.292 e. The van der Waals surface area contributed by atoms with Gasteiger partial charge in [0.2, 0.25) is 0 Å². The lowest BCUT2D eigenvalue weighted by Gasteiger charge is -1.96. The van der Waals surface area contributed by atoms with E-state index in [-0.39, 0.29) is 5.78 Å². The summed E-state index contributed by atoms with van der Waals surface area (Å²) in [6.07, 6.45) is 1.41. The molecule has 1 heterocycles. The SMILES string of the molecule is [B]c1ccc2c(n1)C(=O)CC2. The molecule has 2 nitrogen and oxygen atoms in total. The highest BCUT2D eigenvalue weighted by Crippen LogP contribution is 2.17. The van der Waals surface area contributed by atoms with Crippen LogP contribution in [0.25, 0.3) is 0 Å². The molecular formula is C8H6BNO. The lowest BCUT2D eigenvalue weighted by molar-refractivity contribution is 0.0990. The number of carbonyl (C=O) groups excluding carboxylic acids is 1. The normalized spacial score (nSPS) is 15.1. The maximum atomic E-state index is 11.1. The van der Waals surface area contributed by atoms with Crippen molar-refractivity contribution < 1.29 is 4.79 Å². The van der Waals surface area contributed by atoms with Crippen LogP contribution < -0.4 is 5.59 Å². The first-order valence-electron chi connectivity index (χ1n) is 3.56. The van der Waals surface area contributed by atoms with E-state index in [1.54, 1.807) is 6.07 Å². The van der Waals surface area contributed by atoms with Crippen LogP contribution in [-0.2, 0) is 6.42 Å². The molecule has 0 saturated heterocycles. The number of hydrogen-bond donors (Lipinski definition) is 0. The number of carbonyl (C=O) groups is 1. The van der Waals surface area contributed by atoms with Crippen LogP contribution in [-0.4, -0.2) is 18.6 Å². The van der Waals surface area contributed by atoms with Gasteiger partial charge in [-0.1, -0.05) is 12.1 Å². The molecule has 52 valence electrons. The molecule has 1 aromatic heterocycles. The van der Waals surface area contributed by atoms with E-state index in [9.17, 15) is 4.79 Å². The number of rotatable bonds is 0. The van der Waals surface area contributed by atoms with E-state index in [0.29, 0.717) is 17.7 Å². The second kappa shape index (κ2) is 2.19. The maximum absolute atomic E-state index is 11.1. The number of aromatic nitrogens is 1. The Morgan fingerprint density at radius 2 is 2.18 bits per heavy atom. The van der Waals surface area contributed by atoms with Crippen LogP contribution >= 0.6 is 0 Å². The first-order valence-corrected chi connectivity index (χ1v) is 3.56. The topological polar surface area (TPSA) is 30.0 Å². The van der Waals surface area contributed by atoms with Gasteiger partial charge in [-0.05, 0) is 17.6 Å². The van der Waals surface area contributed by atoms with Crippen LogP contribution in [0.15, 0.2) is 12.1 Å². The van der Waals surface area contributed by atoms with Crippen molar-refractivity contribution in [3.63, 3.8) is 0 Å². The second-order valence-corrected chi connectivity index (χ2v) is 2.67. The third-order valence-corrected chi connectivity index (χ3v) is 1.89. The smallest absolute Gasteiger partial charge is 0.181 e. The molecule has 2 radical (unpaired) electrons. The first-order chi connectivity index (χ1) is 5.27. The summed E-state index contributed by atoms with van der Waals surface area (Å²) >= 11 is 0. The Kier molecular flexibility index (Phi) is 1.31. The molecule has 0 unspecified atom stereocenters. The van der Waals surface area contributed by atoms with Crippen LogP contribution in [0, 0.1) is 0 Å². The van der Waals surface area contributed by atoms with E-state index >= 15 is 0 Å². The molecular weight excluding hydrogens is 137 g/mol. The summed E-state index contributed by atoms with van der Waals surface area (Å²) < 4.78 is 0. The van der Waals surface area contributed by atoms with E-state index in [0.717, 1.165) is 12.0 Å². The predicted molar refractivity (Wildman–Crippen MR) is 42.3 cm³/mol. The van der Waals surface area contributed by atoms with Crippen LogP contribution in [0.1, 0.15) is 22.5 Å². The minimum atomic E-state index is 0.118. The molecule has 0 aromatic carbocycles. The number of pyridine rings is 1. The fourth-order valence-electron chi connectivity index (χ4n) is 1.31. The molecule has 3 heteroatoms.